The molecule has 1 saturated heterocycles. The lowest BCUT2D eigenvalue weighted by Gasteiger charge is -2.19. The lowest BCUT2D eigenvalue weighted by atomic mass is 10.0. The van der Waals surface area contributed by atoms with Crippen LogP contribution in [-0.2, 0) is 19.1 Å². The van der Waals surface area contributed by atoms with Gasteiger partial charge in [0.25, 0.3) is 0 Å². The zero-order valence-corrected chi connectivity index (χ0v) is 11.1. The summed E-state index contributed by atoms with van der Waals surface area (Å²) in [6, 6.07) is 4.02. The highest BCUT2D eigenvalue weighted by atomic mass is 16.6. The lowest BCUT2D eigenvalue weighted by molar-refractivity contribution is -0.160. The molecule has 7 heteroatoms. The maximum Gasteiger partial charge on any atom is 0.342 e. The van der Waals surface area contributed by atoms with E-state index in [1.807, 2.05) is 0 Å². The number of carbonyl (C=O) groups is 2. The summed E-state index contributed by atoms with van der Waals surface area (Å²) >= 11 is 0. The van der Waals surface area contributed by atoms with Crippen molar-refractivity contribution in [1.82, 2.24) is 0 Å². The number of phenols is 2. The van der Waals surface area contributed by atoms with E-state index in [0.29, 0.717) is 5.56 Å². The average Bonchev–Trinajstić information content (AvgIpc) is 2.67. The number of aliphatic hydroxyl groups is 1. The van der Waals surface area contributed by atoms with Crippen LogP contribution < -0.4 is 0 Å². The monoisotopic (exact) mass is 294 g/mol. The van der Waals surface area contributed by atoms with E-state index in [9.17, 15) is 19.8 Å². The number of carbonyl (C=O) groups excluding carboxylic acids is 2. The van der Waals surface area contributed by atoms with Crippen molar-refractivity contribution in [2.45, 2.75) is 18.6 Å². The van der Waals surface area contributed by atoms with Gasteiger partial charge >= 0.3 is 11.9 Å². The Morgan fingerprint density at radius 2 is 2.14 bits per heavy atom. The van der Waals surface area contributed by atoms with Gasteiger partial charge in [-0.1, -0.05) is 6.07 Å². The van der Waals surface area contributed by atoms with Gasteiger partial charge in [-0.3, -0.25) is 0 Å². The van der Waals surface area contributed by atoms with Crippen molar-refractivity contribution in [3.63, 3.8) is 0 Å². The van der Waals surface area contributed by atoms with Gasteiger partial charge in [0.05, 0.1) is 0 Å². The first kappa shape index (κ1) is 14.9. The van der Waals surface area contributed by atoms with E-state index >= 15 is 0 Å². The molecule has 1 aliphatic heterocycles. The van der Waals surface area contributed by atoms with E-state index in [4.69, 9.17) is 9.84 Å². The Bertz CT molecular complexity index is 603. The van der Waals surface area contributed by atoms with Crippen LogP contribution in [0.3, 0.4) is 0 Å². The summed E-state index contributed by atoms with van der Waals surface area (Å²) in [7, 11) is 0. The first-order valence-corrected chi connectivity index (χ1v) is 6.11. The van der Waals surface area contributed by atoms with Gasteiger partial charge in [-0.05, 0) is 30.7 Å². The maximum absolute atomic E-state index is 11.6. The van der Waals surface area contributed by atoms with Gasteiger partial charge in [-0.2, -0.15) is 0 Å². The smallest absolute Gasteiger partial charge is 0.342 e. The second-order valence-electron chi connectivity index (χ2n) is 4.75. The zero-order chi connectivity index (χ0) is 15.6. The second-order valence-corrected chi connectivity index (χ2v) is 4.75. The highest BCUT2D eigenvalue weighted by Crippen LogP contribution is 2.26. The fourth-order valence-electron chi connectivity index (χ4n) is 1.73. The van der Waals surface area contributed by atoms with Gasteiger partial charge in [-0.15, -0.1) is 0 Å². The lowest BCUT2D eigenvalue weighted by Crippen LogP contribution is -2.43. The Labute approximate surface area is 120 Å². The van der Waals surface area contributed by atoms with Crippen LogP contribution in [0.1, 0.15) is 12.5 Å². The number of esters is 2. The molecular formula is C14H14O7. The van der Waals surface area contributed by atoms with Gasteiger partial charge in [-0.25, -0.2) is 9.59 Å². The molecule has 0 radical (unpaired) electrons. The predicted molar refractivity (Wildman–Crippen MR) is 70.3 cm³/mol. The molecule has 1 fully saturated rings. The van der Waals surface area contributed by atoms with Gasteiger partial charge < -0.3 is 24.8 Å². The summed E-state index contributed by atoms with van der Waals surface area (Å²) in [5.74, 6) is -2.20. The van der Waals surface area contributed by atoms with Gasteiger partial charge in [0.1, 0.15) is 6.61 Å². The molecule has 1 aromatic rings. The normalized spacial score (nSPS) is 25.0. The number of benzene rings is 1. The minimum atomic E-state index is -1.86. The Balaban J connectivity index is 2.00. The number of rotatable bonds is 3. The Morgan fingerprint density at radius 3 is 2.71 bits per heavy atom. The van der Waals surface area contributed by atoms with Crippen LogP contribution >= 0.6 is 0 Å². The van der Waals surface area contributed by atoms with Crippen LogP contribution in [0.4, 0.5) is 0 Å². The van der Waals surface area contributed by atoms with Gasteiger partial charge in [0, 0.05) is 6.08 Å². The third-order valence-electron chi connectivity index (χ3n) is 3.08. The molecule has 0 spiro atoms. The second kappa shape index (κ2) is 5.45. The van der Waals surface area contributed by atoms with Crippen LogP contribution in [0.2, 0.25) is 0 Å². The van der Waals surface area contributed by atoms with E-state index in [-0.39, 0.29) is 18.1 Å². The molecule has 0 saturated carbocycles. The largest absolute Gasteiger partial charge is 0.504 e. The summed E-state index contributed by atoms with van der Waals surface area (Å²) in [5.41, 5.74) is -1.40. The first-order chi connectivity index (χ1) is 9.80. The standard InChI is InChI=1S/C14H14O7/c1-14(19)11(7-20-13(14)18)21-12(17)5-3-8-2-4-9(15)10(16)6-8/h2-6,11,15-16,19H,7H2,1H3/b5-3+/t11-,14-/m0/s1. The molecule has 21 heavy (non-hydrogen) atoms. The van der Waals surface area contributed by atoms with Gasteiger partial charge in [0.15, 0.2) is 23.2 Å². The Kier molecular flexibility index (Phi) is 3.86. The zero-order valence-electron chi connectivity index (χ0n) is 11.1. The number of ether oxygens (including phenoxy) is 2. The van der Waals surface area contributed by atoms with E-state index in [2.05, 4.69) is 4.74 Å². The summed E-state index contributed by atoms with van der Waals surface area (Å²) in [4.78, 5) is 22.8. The first-order valence-electron chi connectivity index (χ1n) is 6.11. The molecule has 1 heterocycles. The number of hydrogen-bond acceptors (Lipinski definition) is 7. The van der Waals surface area contributed by atoms with Crippen LogP contribution in [0, 0.1) is 0 Å². The van der Waals surface area contributed by atoms with Crippen molar-refractivity contribution in [2.75, 3.05) is 6.61 Å². The fraction of sp³-hybridized carbons (Fsp3) is 0.286. The topological polar surface area (TPSA) is 113 Å². The SMILES string of the molecule is C[C@@]1(O)C(=O)OC[C@@H]1OC(=O)/C=C/c1ccc(O)c(O)c1. The van der Waals surface area contributed by atoms with Crippen molar-refractivity contribution in [3.8, 4) is 11.5 Å². The van der Waals surface area contributed by atoms with Crippen molar-refractivity contribution >= 4 is 18.0 Å². The van der Waals surface area contributed by atoms with Crippen LogP contribution in [-0.4, -0.2) is 45.6 Å². The number of aromatic hydroxyl groups is 2. The van der Waals surface area contributed by atoms with E-state index in [1.165, 1.54) is 31.2 Å². The molecule has 0 bridgehead atoms. The summed E-state index contributed by atoms with van der Waals surface area (Å²) in [5, 5.41) is 28.2. The van der Waals surface area contributed by atoms with Gasteiger partial charge in [0.2, 0.25) is 0 Å². The highest BCUT2D eigenvalue weighted by molar-refractivity contribution is 5.88. The van der Waals surface area contributed by atoms with Crippen molar-refractivity contribution in [1.29, 1.82) is 0 Å². The third-order valence-corrected chi connectivity index (χ3v) is 3.08. The van der Waals surface area contributed by atoms with E-state index < -0.39 is 23.6 Å². The predicted octanol–water partition coefficient (Wildman–Crippen LogP) is 0.331. The van der Waals surface area contributed by atoms with Crippen LogP contribution in [0.25, 0.3) is 6.08 Å². The molecule has 2 atom stereocenters. The van der Waals surface area contributed by atoms with Crippen LogP contribution in [0.5, 0.6) is 11.5 Å². The Hall–Kier alpha value is -2.54. The summed E-state index contributed by atoms with van der Waals surface area (Å²) < 4.78 is 9.56. The number of hydrogen-bond donors (Lipinski definition) is 3. The molecule has 2 rings (SSSR count). The molecule has 0 aliphatic carbocycles. The molecule has 1 aliphatic rings. The van der Waals surface area contributed by atoms with Crippen molar-refractivity contribution in [2.24, 2.45) is 0 Å². The Morgan fingerprint density at radius 1 is 1.43 bits per heavy atom. The van der Waals surface area contributed by atoms with Crippen molar-refractivity contribution < 1.29 is 34.4 Å². The average molecular weight is 294 g/mol. The summed E-state index contributed by atoms with van der Waals surface area (Å²) in [6.07, 6.45) is 1.36. The minimum Gasteiger partial charge on any atom is -0.504 e. The molecule has 0 amide bonds. The minimum absolute atomic E-state index is 0.203. The molecule has 112 valence electrons. The van der Waals surface area contributed by atoms with E-state index in [1.54, 1.807) is 0 Å². The number of phenolic OH excluding ortho intramolecular Hbond substituents is 2. The maximum atomic E-state index is 11.6. The fourth-order valence-corrected chi connectivity index (χ4v) is 1.73. The molecule has 0 unspecified atom stereocenters. The molecule has 7 nitrogen and oxygen atoms in total. The molecule has 1 aromatic carbocycles. The quantitative estimate of drug-likeness (QED) is 0.418. The molecule has 3 N–H and O–H groups in total. The summed E-state index contributed by atoms with van der Waals surface area (Å²) in [6.45, 7) is 1.01. The number of cyclic esters (lactones) is 1. The third kappa shape index (κ3) is 3.14. The molecular weight excluding hydrogens is 280 g/mol. The van der Waals surface area contributed by atoms with Crippen LogP contribution in [0.15, 0.2) is 24.3 Å². The highest BCUT2D eigenvalue weighted by Gasteiger charge is 2.49. The van der Waals surface area contributed by atoms with E-state index in [0.717, 1.165) is 6.08 Å². The van der Waals surface area contributed by atoms with Crippen molar-refractivity contribution in [3.05, 3.63) is 29.8 Å². The molecule has 0 aromatic heterocycles.